The maximum atomic E-state index is 5.16. The number of para-hydroxylation sites is 1. The van der Waals surface area contributed by atoms with Gasteiger partial charge >= 0.3 is 0 Å². The summed E-state index contributed by atoms with van der Waals surface area (Å²) in [6.45, 7) is 2.15. The van der Waals surface area contributed by atoms with E-state index in [2.05, 4.69) is 46.5 Å². The molecular weight excluding hydrogens is 388 g/mol. The molecule has 6 nitrogen and oxygen atoms in total. The molecule has 0 aliphatic heterocycles. The van der Waals surface area contributed by atoms with Crippen molar-refractivity contribution >= 4 is 30.2 Å². The van der Waals surface area contributed by atoms with E-state index in [-0.39, 0.29) is 0 Å². The van der Waals surface area contributed by atoms with E-state index in [1.165, 1.54) is 15.9 Å². The van der Waals surface area contributed by atoms with Gasteiger partial charge in [0, 0.05) is 22.2 Å². The van der Waals surface area contributed by atoms with Crippen LogP contribution in [-0.2, 0) is 0 Å². The van der Waals surface area contributed by atoms with Crippen molar-refractivity contribution < 1.29 is 0 Å². The fourth-order valence-electron chi connectivity index (χ4n) is 2.74. The van der Waals surface area contributed by atoms with Crippen LogP contribution in [0.3, 0.4) is 0 Å². The van der Waals surface area contributed by atoms with Crippen molar-refractivity contribution in [3.63, 3.8) is 0 Å². The molecule has 4 aromatic rings. The second-order valence-corrected chi connectivity index (χ2v) is 7.65. The Labute approximate surface area is 171 Å². The summed E-state index contributed by atoms with van der Waals surface area (Å²) >= 11 is 6.97. The Kier molecular flexibility index (Phi) is 5.50. The van der Waals surface area contributed by atoms with Crippen LogP contribution in [0.4, 0.5) is 0 Å². The van der Waals surface area contributed by atoms with E-state index in [0.717, 1.165) is 28.3 Å². The molecule has 140 valence electrons. The number of thioether (sulfide) groups is 1. The van der Waals surface area contributed by atoms with Crippen LogP contribution in [0.15, 0.2) is 77.1 Å². The smallest absolute Gasteiger partial charge is 0.216 e. The third kappa shape index (κ3) is 3.97. The van der Waals surface area contributed by atoms with Crippen LogP contribution in [-0.4, -0.2) is 36.6 Å². The van der Waals surface area contributed by atoms with Gasteiger partial charge < -0.3 is 0 Å². The lowest BCUT2D eigenvalue weighted by Crippen LogP contribution is -1.93. The zero-order valence-electron chi connectivity index (χ0n) is 15.2. The SMILES string of the molecule is CCSc1ccc(-c2nn(-c3ccccc3)cc2/C=N\n2cn[nH]c2=S)cc1. The highest BCUT2D eigenvalue weighted by Crippen LogP contribution is 2.26. The largest absolute Gasteiger partial charge is 0.250 e. The molecule has 0 unspecified atom stereocenters. The summed E-state index contributed by atoms with van der Waals surface area (Å²) in [5, 5.41) is 15.8. The number of aromatic nitrogens is 5. The van der Waals surface area contributed by atoms with Gasteiger partial charge in [-0.3, -0.25) is 5.10 Å². The molecular formula is C20H18N6S2. The summed E-state index contributed by atoms with van der Waals surface area (Å²) in [5.41, 5.74) is 3.77. The lowest BCUT2D eigenvalue weighted by molar-refractivity contribution is 0.862. The highest BCUT2D eigenvalue weighted by atomic mass is 32.2. The van der Waals surface area contributed by atoms with Crippen molar-refractivity contribution in [2.24, 2.45) is 5.10 Å². The maximum Gasteiger partial charge on any atom is 0.216 e. The first-order valence-electron chi connectivity index (χ1n) is 8.79. The molecule has 0 saturated carbocycles. The highest BCUT2D eigenvalue weighted by Gasteiger charge is 2.11. The van der Waals surface area contributed by atoms with Crippen LogP contribution in [0.25, 0.3) is 16.9 Å². The van der Waals surface area contributed by atoms with Gasteiger partial charge in [-0.15, -0.1) is 11.8 Å². The van der Waals surface area contributed by atoms with E-state index < -0.39 is 0 Å². The van der Waals surface area contributed by atoms with Crippen LogP contribution in [0.2, 0.25) is 0 Å². The second kappa shape index (κ2) is 8.37. The van der Waals surface area contributed by atoms with Gasteiger partial charge in [-0.1, -0.05) is 37.3 Å². The van der Waals surface area contributed by atoms with Gasteiger partial charge in [0.25, 0.3) is 0 Å². The molecule has 0 amide bonds. The predicted molar refractivity (Wildman–Crippen MR) is 116 cm³/mol. The summed E-state index contributed by atoms with van der Waals surface area (Å²) in [4.78, 5) is 1.24. The number of H-pyrrole nitrogens is 1. The monoisotopic (exact) mass is 406 g/mol. The zero-order chi connectivity index (χ0) is 19.3. The Morgan fingerprint density at radius 3 is 2.61 bits per heavy atom. The Morgan fingerprint density at radius 2 is 1.93 bits per heavy atom. The average Bonchev–Trinajstić information content (AvgIpc) is 3.34. The minimum absolute atomic E-state index is 0.439. The quantitative estimate of drug-likeness (QED) is 0.284. The Bertz CT molecular complexity index is 1140. The van der Waals surface area contributed by atoms with Crippen LogP contribution in [0.5, 0.6) is 0 Å². The van der Waals surface area contributed by atoms with E-state index in [1.807, 2.05) is 53.0 Å². The van der Waals surface area contributed by atoms with Crippen molar-refractivity contribution in [3.05, 3.63) is 77.5 Å². The molecule has 0 aliphatic rings. The van der Waals surface area contributed by atoms with Gasteiger partial charge in [-0.2, -0.15) is 20.0 Å². The molecule has 2 heterocycles. The minimum atomic E-state index is 0.439. The van der Waals surface area contributed by atoms with E-state index in [0.29, 0.717) is 4.77 Å². The number of aromatic amines is 1. The van der Waals surface area contributed by atoms with Gasteiger partial charge in [0.15, 0.2) is 0 Å². The van der Waals surface area contributed by atoms with Crippen molar-refractivity contribution in [2.75, 3.05) is 5.75 Å². The fraction of sp³-hybridized carbons (Fsp3) is 0.100. The summed E-state index contributed by atoms with van der Waals surface area (Å²) in [5.74, 6) is 1.05. The second-order valence-electron chi connectivity index (χ2n) is 5.92. The van der Waals surface area contributed by atoms with Gasteiger partial charge in [-0.25, -0.2) is 4.68 Å². The Balaban J connectivity index is 1.76. The molecule has 0 radical (unpaired) electrons. The third-order valence-electron chi connectivity index (χ3n) is 4.06. The average molecular weight is 407 g/mol. The van der Waals surface area contributed by atoms with E-state index >= 15 is 0 Å². The molecule has 0 spiro atoms. The summed E-state index contributed by atoms with van der Waals surface area (Å²) in [6.07, 6.45) is 5.26. The van der Waals surface area contributed by atoms with Gasteiger partial charge in [-0.05, 0) is 42.2 Å². The van der Waals surface area contributed by atoms with Crippen molar-refractivity contribution in [1.82, 2.24) is 24.7 Å². The predicted octanol–water partition coefficient (Wildman–Crippen LogP) is 4.79. The number of benzene rings is 2. The maximum absolute atomic E-state index is 5.16. The van der Waals surface area contributed by atoms with Crippen molar-refractivity contribution in [2.45, 2.75) is 11.8 Å². The summed E-state index contributed by atoms with van der Waals surface area (Å²) in [6, 6.07) is 18.4. The molecule has 0 fully saturated rings. The molecule has 4 rings (SSSR count). The zero-order valence-corrected chi connectivity index (χ0v) is 16.8. The molecule has 0 atom stereocenters. The van der Waals surface area contributed by atoms with Crippen LogP contribution >= 0.6 is 24.0 Å². The lowest BCUT2D eigenvalue weighted by Gasteiger charge is -2.02. The highest BCUT2D eigenvalue weighted by molar-refractivity contribution is 7.99. The number of rotatable bonds is 6. The molecule has 1 N–H and O–H groups in total. The first-order valence-corrected chi connectivity index (χ1v) is 10.2. The molecule has 8 heteroatoms. The molecule has 0 aliphatic carbocycles. The van der Waals surface area contributed by atoms with Crippen LogP contribution in [0.1, 0.15) is 12.5 Å². The Hall–Kier alpha value is -2.97. The van der Waals surface area contributed by atoms with Crippen LogP contribution < -0.4 is 0 Å². The molecule has 2 aromatic heterocycles. The summed E-state index contributed by atoms with van der Waals surface area (Å²) in [7, 11) is 0. The van der Waals surface area contributed by atoms with Gasteiger partial charge in [0.05, 0.1) is 11.9 Å². The van der Waals surface area contributed by atoms with Crippen LogP contribution in [0, 0.1) is 4.77 Å². The van der Waals surface area contributed by atoms with Crippen molar-refractivity contribution in [3.8, 4) is 16.9 Å². The van der Waals surface area contributed by atoms with Crippen molar-refractivity contribution in [1.29, 1.82) is 0 Å². The fourth-order valence-corrected chi connectivity index (χ4v) is 3.55. The number of hydrogen-bond acceptors (Lipinski definition) is 5. The molecule has 2 aromatic carbocycles. The Morgan fingerprint density at radius 1 is 1.14 bits per heavy atom. The molecule has 28 heavy (non-hydrogen) atoms. The topological polar surface area (TPSA) is 63.8 Å². The van der Waals surface area contributed by atoms with E-state index in [4.69, 9.17) is 17.3 Å². The first kappa shape index (κ1) is 18.4. The lowest BCUT2D eigenvalue weighted by atomic mass is 10.1. The number of nitrogens with one attached hydrogen (secondary N) is 1. The summed E-state index contributed by atoms with van der Waals surface area (Å²) < 4.78 is 3.81. The number of nitrogens with zero attached hydrogens (tertiary/aromatic N) is 5. The number of hydrogen-bond donors (Lipinski definition) is 1. The van der Waals surface area contributed by atoms with E-state index in [1.54, 1.807) is 6.21 Å². The molecule has 0 saturated heterocycles. The third-order valence-corrected chi connectivity index (χ3v) is 5.23. The van der Waals surface area contributed by atoms with E-state index in [9.17, 15) is 0 Å². The van der Waals surface area contributed by atoms with Gasteiger partial charge in [0.2, 0.25) is 4.77 Å². The standard InChI is InChI=1S/C20H18N6S2/c1-2-28-18-10-8-15(9-11-18)19-16(12-22-26-14-21-23-20(26)27)13-25(24-19)17-6-4-3-5-7-17/h3-14H,2H2,1H3,(H,23,27)/b22-12-. The normalized spacial score (nSPS) is 11.3. The minimum Gasteiger partial charge on any atom is -0.250 e. The first-order chi connectivity index (χ1) is 13.7. The molecule has 0 bridgehead atoms. The van der Waals surface area contributed by atoms with Gasteiger partial charge in [0.1, 0.15) is 12.0 Å².